The van der Waals surface area contributed by atoms with Crippen LogP contribution in [0.25, 0.3) is 0 Å². The molecular formula is C13H17NO2S. The average Bonchev–Trinajstić information content (AvgIpc) is 2.97. The molecule has 0 amide bonds. The third-order valence-electron chi connectivity index (χ3n) is 2.61. The number of aryl methyl sites for hydroxylation is 1. The van der Waals surface area contributed by atoms with Gasteiger partial charge < -0.3 is 14.9 Å². The number of furan rings is 1. The fourth-order valence-corrected chi connectivity index (χ4v) is 2.64. The van der Waals surface area contributed by atoms with E-state index in [4.69, 9.17) is 14.9 Å². The smallest absolute Gasteiger partial charge is 0.129 e. The van der Waals surface area contributed by atoms with Crippen LogP contribution in [0.15, 0.2) is 28.7 Å². The van der Waals surface area contributed by atoms with Crippen molar-refractivity contribution in [2.45, 2.75) is 26.0 Å². The van der Waals surface area contributed by atoms with E-state index in [0.717, 1.165) is 22.8 Å². The van der Waals surface area contributed by atoms with Gasteiger partial charge in [0.25, 0.3) is 0 Å². The Labute approximate surface area is 105 Å². The molecule has 92 valence electrons. The molecule has 2 aromatic rings. The summed E-state index contributed by atoms with van der Waals surface area (Å²) in [5.41, 5.74) is 6.17. The third-order valence-corrected chi connectivity index (χ3v) is 3.93. The van der Waals surface area contributed by atoms with Crippen LogP contribution in [-0.4, -0.2) is 7.11 Å². The minimum Gasteiger partial charge on any atom is -0.462 e. The molecule has 4 heteroatoms. The Balaban J connectivity index is 2.14. The van der Waals surface area contributed by atoms with Gasteiger partial charge in [0.05, 0.1) is 6.04 Å². The van der Waals surface area contributed by atoms with E-state index in [2.05, 4.69) is 19.1 Å². The predicted molar refractivity (Wildman–Crippen MR) is 69.1 cm³/mol. The second kappa shape index (κ2) is 5.49. The summed E-state index contributed by atoms with van der Waals surface area (Å²) in [6.45, 7) is 2.63. The Morgan fingerprint density at radius 2 is 2.18 bits per heavy atom. The van der Waals surface area contributed by atoms with Crippen LogP contribution in [0.5, 0.6) is 0 Å². The van der Waals surface area contributed by atoms with E-state index in [0.29, 0.717) is 6.61 Å². The van der Waals surface area contributed by atoms with Crippen LogP contribution in [0, 0.1) is 0 Å². The molecule has 0 bridgehead atoms. The van der Waals surface area contributed by atoms with Crippen LogP contribution in [0.1, 0.15) is 34.2 Å². The van der Waals surface area contributed by atoms with Gasteiger partial charge >= 0.3 is 0 Å². The first kappa shape index (κ1) is 12.4. The molecule has 3 nitrogen and oxygen atoms in total. The van der Waals surface area contributed by atoms with Crippen molar-refractivity contribution in [2.24, 2.45) is 5.73 Å². The summed E-state index contributed by atoms with van der Waals surface area (Å²) in [6, 6.07) is 7.86. The highest BCUT2D eigenvalue weighted by molar-refractivity contribution is 7.12. The van der Waals surface area contributed by atoms with E-state index in [9.17, 15) is 0 Å². The summed E-state index contributed by atoms with van der Waals surface area (Å²) < 4.78 is 10.7. The monoisotopic (exact) mass is 251 g/mol. The van der Waals surface area contributed by atoms with Gasteiger partial charge in [-0.2, -0.15) is 0 Å². The molecule has 0 aliphatic rings. The van der Waals surface area contributed by atoms with E-state index < -0.39 is 0 Å². The number of thiophene rings is 1. The summed E-state index contributed by atoms with van der Waals surface area (Å²) in [6.07, 6.45) is 1.05. The molecule has 0 aromatic carbocycles. The van der Waals surface area contributed by atoms with Crippen LogP contribution in [0.3, 0.4) is 0 Å². The predicted octanol–water partition coefficient (Wildman–Crippen LogP) is 3.10. The largest absolute Gasteiger partial charge is 0.462 e. The molecule has 0 saturated heterocycles. The van der Waals surface area contributed by atoms with Gasteiger partial charge in [-0.25, -0.2) is 0 Å². The van der Waals surface area contributed by atoms with Gasteiger partial charge in [0.1, 0.15) is 18.1 Å². The molecule has 0 radical (unpaired) electrons. The molecule has 0 aliphatic heterocycles. The molecule has 0 fully saturated rings. The Bertz CT molecular complexity index is 475. The second-order valence-corrected chi connectivity index (χ2v) is 5.07. The fourth-order valence-electron chi connectivity index (χ4n) is 1.67. The van der Waals surface area contributed by atoms with Crippen LogP contribution < -0.4 is 5.73 Å². The van der Waals surface area contributed by atoms with Crippen LogP contribution in [-0.2, 0) is 17.8 Å². The molecule has 1 atom stereocenters. The number of hydrogen-bond donors (Lipinski definition) is 1. The van der Waals surface area contributed by atoms with Crippen LogP contribution in [0.2, 0.25) is 0 Å². The van der Waals surface area contributed by atoms with Crippen molar-refractivity contribution in [1.82, 2.24) is 0 Å². The minimum absolute atomic E-state index is 0.175. The topological polar surface area (TPSA) is 48.4 Å². The van der Waals surface area contributed by atoms with Crippen molar-refractivity contribution in [3.05, 3.63) is 45.5 Å². The number of nitrogens with two attached hydrogens (primary N) is 1. The van der Waals surface area contributed by atoms with Crippen LogP contribution >= 0.6 is 11.3 Å². The lowest BCUT2D eigenvalue weighted by atomic mass is 10.2. The van der Waals surface area contributed by atoms with Crippen molar-refractivity contribution >= 4 is 11.3 Å². The molecule has 2 heterocycles. The first-order chi connectivity index (χ1) is 8.24. The lowest BCUT2D eigenvalue weighted by Crippen LogP contribution is -2.08. The number of rotatable bonds is 5. The summed E-state index contributed by atoms with van der Waals surface area (Å²) in [5, 5.41) is 0. The summed E-state index contributed by atoms with van der Waals surface area (Å²) in [4.78, 5) is 2.49. The number of ether oxygens (including phenoxy) is 1. The van der Waals surface area contributed by atoms with E-state index in [1.54, 1.807) is 18.4 Å². The first-order valence-electron chi connectivity index (χ1n) is 5.66. The molecule has 2 rings (SSSR count). The van der Waals surface area contributed by atoms with E-state index in [-0.39, 0.29) is 6.04 Å². The van der Waals surface area contributed by atoms with E-state index in [1.165, 1.54) is 4.88 Å². The second-order valence-electron chi connectivity index (χ2n) is 3.87. The van der Waals surface area contributed by atoms with Gasteiger partial charge in [-0.1, -0.05) is 6.92 Å². The number of hydrogen-bond acceptors (Lipinski definition) is 4. The van der Waals surface area contributed by atoms with Gasteiger partial charge in [0, 0.05) is 16.9 Å². The Kier molecular flexibility index (Phi) is 3.99. The number of methoxy groups -OCH3 is 1. The molecular weight excluding hydrogens is 234 g/mol. The van der Waals surface area contributed by atoms with Crippen molar-refractivity contribution in [3.8, 4) is 0 Å². The molecule has 2 aromatic heterocycles. The van der Waals surface area contributed by atoms with Crippen molar-refractivity contribution in [2.75, 3.05) is 7.11 Å². The quantitative estimate of drug-likeness (QED) is 0.888. The maximum atomic E-state index is 6.17. The molecule has 0 spiro atoms. The maximum absolute atomic E-state index is 6.17. The highest BCUT2D eigenvalue weighted by atomic mass is 32.1. The standard InChI is InChI=1S/C13H17NO2S/c1-3-10-5-7-12(17-10)13(14)11-6-4-9(16-11)8-15-2/h4-7,13H,3,8,14H2,1-2H3. The van der Waals surface area contributed by atoms with Gasteiger partial charge in [-0.3, -0.25) is 0 Å². The van der Waals surface area contributed by atoms with Gasteiger partial charge in [0.15, 0.2) is 0 Å². The van der Waals surface area contributed by atoms with Crippen LogP contribution in [0.4, 0.5) is 0 Å². The minimum atomic E-state index is -0.175. The van der Waals surface area contributed by atoms with Crippen molar-refractivity contribution in [1.29, 1.82) is 0 Å². The lowest BCUT2D eigenvalue weighted by Gasteiger charge is -2.05. The molecule has 0 aliphatic carbocycles. The van der Waals surface area contributed by atoms with Gasteiger partial charge in [0.2, 0.25) is 0 Å². The summed E-state index contributed by atoms with van der Waals surface area (Å²) >= 11 is 1.74. The van der Waals surface area contributed by atoms with Crippen molar-refractivity contribution in [3.63, 3.8) is 0 Å². The molecule has 2 N–H and O–H groups in total. The van der Waals surface area contributed by atoms with Gasteiger partial charge in [-0.15, -0.1) is 11.3 Å². The lowest BCUT2D eigenvalue weighted by molar-refractivity contribution is 0.162. The average molecular weight is 251 g/mol. The van der Waals surface area contributed by atoms with E-state index in [1.807, 2.05) is 12.1 Å². The molecule has 17 heavy (non-hydrogen) atoms. The molecule has 1 unspecified atom stereocenters. The zero-order valence-electron chi connectivity index (χ0n) is 10.1. The Hall–Kier alpha value is -1.10. The molecule has 0 saturated carbocycles. The SMILES string of the molecule is CCc1ccc(C(N)c2ccc(COC)o2)s1. The first-order valence-corrected chi connectivity index (χ1v) is 6.48. The highest BCUT2D eigenvalue weighted by Gasteiger charge is 2.15. The highest BCUT2D eigenvalue weighted by Crippen LogP contribution is 2.28. The fraction of sp³-hybridized carbons (Fsp3) is 0.385. The zero-order valence-corrected chi connectivity index (χ0v) is 10.9. The maximum Gasteiger partial charge on any atom is 0.129 e. The Morgan fingerprint density at radius 3 is 2.82 bits per heavy atom. The summed E-state index contributed by atoms with van der Waals surface area (Å²) in [7, 11) is 1.65. The van der Waals surface area contributed by atoms with Gasteiger partial charge in [-0.05, 0) is 30.7 Å². The van der Waals surface area contributed by atoms with Crippen molar-refractivity contribution < 1.29 is 9.15 Å². The Morgan fingerprint density at radius 1 is 1.35 bits per heavy atom. The third kappa shape index (κ3) is 2.77. The van der Waals surface area contributed by atoms with E-state index >= 15 is 0 Å². The zero-order chi connectivity index (χ0) is 12.3. The normalized spacial score (nSPS) is 12.9. The summed E-state index contributed by atoms with van der Waals surface area (Å²) in [5.74, 6) is 1.60.